The van der Waals surface area contributed by atoms with Crippen molar-refractivity contribution in [3.8, 4) is 0 Å². The molecule has 1 amide bonds. The van der Waals surface area contributed by atoms with Crippen LogP contribution < -0.4 is 5.32 Å². The van der Waals surface area contributed by atoms with Crippen LogP contribution in [0.3, 0.4) is 0 Å². The summed E-state index contributed by atoms with van der Waals surface area (Å²) in [7, 11) is 1.76. The van der Waals surface area contributed by atoms with Gasteiger partial charge in [0.05, 0.1) is 11.8 Å². The van der Waals surface area contributed by atoms with Gasteiger partial charge in [0.1, 0.15) is 5.69 Å². The van der Waals surface area contributed by atoms with Gasteiger partial charge in [0.15, 0.2) is 0 Å². The smallest absolute Gasteiger partial charge is 0.354 e. The zero-order valence-corrected chi connectivity index (χ0v) is 11.1. The highest BCUT2D eigenvalue weighted by Crippen LogP contribution is 2.06. The molecule has 0 aliphatic rings. The van der Waals surface area contributed by atoms with Crippen LogP contribution in [0.5, 0.6) is 0 Å². The van der Waals surface area contributed by atoms with E-state index in [2.05, 4.69) is 15.4 Å². The Balaban J connectivity index is 2.00. The first-order chi connectivity index (χ1) is 9.49. The number of carboxylic acids is 1. The molecule has 0 spiro atoms. The summed E-state index contributed by atoms with van der Waals surface area (Å²) >= 11 is 0. The Morgan fingerprint density at radius 2 is 2.10 bits per heavy atom. The third-order valence-electron chi connectivity index (χ3n) is 2.98. The van der Waals surface area contributed by atoms with Gasteiger partial charge in [-0.05, 0) is 18.6 Å². The maximum absolute atomic E-state index is 11.9. The summed E-state index contributed by atoms with van der Waals surface area (Å²) in [5, 5.41) is 15.5. The lowest BCUT2D eigenvalue weighted by molar-refractivity contribution is 0.0690. The molecule has 7 heteroatoms. The number of rotatable bonds is 4. The van der Waals surface area contributed by atoms with Crippen LogP contribution in [-0.2, 0) is 13.6 Å². The molecule has 2 heterocycles. The summed E-state index contributed by atoms with van der Waals surface area (Å²) < 4.78 is 1.62. The van der Waals surface area contributed by atoms with Gasteiger partial charge in [0, 0.05) is 25.5 Å². The Labute approximate surface area is 115 Å². The molecule has 2 N–H and O–H groups in total. The fraction of sp³-hybridized carbons (Fsp3) is 0.231. The second kappa shape index (κ2) is 5.52. The molecule has 2 aromatic rings. The molecule has 0 atom stereocenters. The number of hydrogen-bond acceptors (Lipinski definition) is 4. The van der Waals surface area contributed by atoms with Crippen molar-refractivity contribution in [2.75, 3.05) is 0 Å². The third kappa shape index (κ3) is 2.82. The van der Waals surface area contributed by atoms with Gasteiger partial charge in [-0.2, -0.15) is 5.10 Å². The number of aromatic carboxylic acids is 1. The largest absolute Gasteiger partial charge is 0.477 e. The summed E-state index contributed by atoms with van der Waals surface area (Å²) in [6, 6.07) is 3.02. The topological polar surface area (TPSA) is 97.1 Å². The van der Waals surface area contributed by atoms with Crippen LogP contribution in [0, 0.1) is 6.92 Å². The van der Waals surface area contributed by atoms with E-state index in [0.29, 0.717) is 5.56 Å². The average Bonchev–Trinajstić information content (AvgIpc) is 2.77. The standard InChI is InChI=1S/C13H14N4O3/c1-8-10(7-16-17(8)2)12(18)15-6-9-3-4-11(13(19)20)14-5-9/h3-5,7H,6H2,1-2H3,(H,15,18)(H,19,20). The monoisotopic (exact) mass is 274 g/mol. The molecule has 0 saturated carbocycles. The molecule has 0 bridgehead atoms. The lowest BCUT2D eigenvalue weighted by Crippen LogP contribution is -2.23. The number of aromatic nitrogens is 3. The van der Waals surface area contributed by atoms with E-state index in [9.17, 15) is 9.59 Å². The summed E-state index contributed by atoms with van der Waals surface area (Å²) in [6.45, 7) is 2.09. The van der Waals surface area contributed by atoms with Crippen molar-refractivity contribution >= 4 is 11.9 Å². The van der Waals surface area contributed by atoms with Gasteiger partial charge in [-0.25, -0.2) is 9.78 Å². The van der Waals surface area contributed by atoms with Gasteiger partial charge < -0.3 is 10.4 Å². The average molecular weight is 274 g/mol. The highest BCUT2D eigenvalue weighted by atomic mass is 16.4. The molecule has 104 valence electrons. The van der Waals surface area contributed by atoms with Crippen molar-refractivity contribution in [3.63, 3.8) is 0 Å². The van der Waals surface area contributed by atoms with Crippen molar-refractivity contribution in [2.24, 2.45) is 7.05 Å². The molecule has 0 unspecified atom stereocenters. The summed E-state index contributed by atoms with van der Waals surface area (Å²) in [6.07, 6.45) is 2.94. The first-order valence-corrected chi connectivity index (χ1v) is 5.94. The number of amides is 1. The van der Waals surface area contributed by atoms with Crippen molar-refractivity contribution in [3.05, 3.63) is 47.0 Å². The van der Waals surface area contributed by atoms with E-state index in [1.54, 1.807) is 17.8 Å². The van der Waals surface area contributed by atoms with E-state index in [0.717, 1.165) is 11.3 Å². The Morgan fingerprint density at radius 3 is 2.60 bits per heavy atom. The first-order valence-electron chi connectivity index (χ1n) is 5.94. The highest BCUT2D eigenvalue weighted by Gasteiger charge is 2.12. The van der Waals surface area contributed by atoms with Crippen LogP contribution >= 0.6 is 0 Å². The van der Waals surface area contributed by atoms with Crippen molar-refractivity contribution in [2.45, 2.75) is 13.5 Å². The van der Waals surface area contributed by atoms with Gasteiger partial charge in [-0.3, -0.25) is 9.48 Å². The zero-order chi connectivity index (χ0) is 14.7. The first kappa shape index (κ1) is 13.7. The molecule has 20 heavy (non-hydrogen) atoms. The predicted molar refractivity (Wildman–Crippen MR) is 70.3 cm³/mol. The summed E-state index contributed by atoms with van der Waals surface area (Å²) in [5.74, 6) is -1.30. The van der Waals surface area contributed by atoms with E-state index in [1.807, 2.05) is 6.92 Å². The van der Waals surface area contributed by atoms with Crippen LogP contribution in [0.4, 0.5) is 0 Å². The molecule has 2 rings (SSSR count). The van der Waals surface area contributed by atoms with Gasteiger partial charge in [-0.15, -0.1) is 0 Å². The minimum Gasteiger partial charge on any atom is -0.477 e. The predicted octanol–water partition coefficient (Wildman–Crippen LogP) is 0.752. The van der Waals surface area contributed by atoms with E-state index in [1.165, 1.54) is 18.5 Å². The number of nitrogens with zero attached hydrogens (tertiary/aromatic N) is 3. The molecule has 0 fully saturated rings. The number of carbonyl (C=O) groups is 2. The van der Waals surface area contributed by atoms with Gasteiger partial charge in [0.2, 0.25) is 0 Å². The van der Waals surface area contributed by atoms with Crippen LogP contribution in [0.15, 0.2) is 24.5 Å². The van der Waals surface area contributed by atoms with E-state index >= 15 is 0 Å². The van der Waals surface area contributed by atoms with Gasteiger partial charge in [0.25, 0.3) is 5.91 Å². The minimum atomic E-state index is -1.08. The maximum Gasteiger partial charge on any atom is 0.354 e. The maximum atomic E-state index is 11.9. The van der Waals surface area contributed by atoms with Crippen LogP contribution in [0.2, 0.25) is 0 Å². The highest BCUT2D eigenvalue weighted by molar-refractivity contribution is 5.95. The summed E-state index contributed by atoms with van der Waals surface area (Å²) in [4.78, 5) is 26.4. The number of carbonyl (C=O) groups excluding carboxylic acids is 1. The molecule has 0 radical (unpaired) electrons. The zero-order valence-electron chi connectivity index (χ0n) is 11.1. The number of carboxylic acid groups (broad SMARTS) is 1. The van der Waals surface area contributed by atoms with Crippen molar-refractivity contribution in [1.82, 2.24) is 20.1 Å². The second-order valence-electron chi connectivity index (χ2n) is 4.31. The molecule has 7 nitrogen and oxygen atoms in total. The van der Waals surface area contributed by atoms with Crippen LogP contribution in [-0.4, -0.2) is 31.7 Å². The minimum absolute atomic E-state index is 0.0248. The molecular weight excluding hydrogens is 260 g/mol. The van der Waals surface area contributed by atoms with Gasteiger partial charge >= 0.3 is 5.97 Å². The molecule has 0 aliphatic heterocycles. The normalized spacial score (nSPS) is 10.3. The molecule has 0 saturated heterocycles. The third-order valence-corrected chi connectivity index (χ3v) is 2.98. The molecular formula is C13H14N4O3. The lowest BCUT2D eigenvalue weighted by atomic mass is 10.2. The number of aryl methyl sites for hydroxylation is 1. The van der Waals surface area contributed by atoms with Crippen LogP contribution in [0.25, 0.3) is 0 Å². The quantitative estimate of drug-likeness (QED) is 0.857. The molecule has 0 aromatic carbocycles. The van der Waals surface area contributed by atoms with E-state index in [-0.39, 0.29) is 18.1 Å². The van der Waals surface area contributed by atoms with Gasteiger partial charge in [-0.1, -0.05) is 6.07 Å². The molecule has 0 aliphatic carbocycles. The lowest BCUT2D eigenvalue weighted by Gasteiger charge is -2.05. The second-order valence-corrected chi connectivity index (χ2v) is 4.31. The molecule has 2 aromatic heterocycles. The van der Waals surface area contributed by atoms with Crippen LogP contribution in [0.1, 0.15) is 32.1 Å². The fourth-order valence-corrected chi connectivity index (χ4v) is 1.65. The van der Waals surface area contributed by atoms with E-state index < -0.39 is 5.97 Å². The van der Waals surface area contributed by atoms with E-state index in [4.69, 9.17) is 5.11 Å². The Bertz CT molecular complexity index is 646. The Hall–Kier alpha value is -2.70. The number of hydrogen-bond donors (Lipinski definition) is 2. The Morgan fingerprint density at radius 1 is 1.35 bits per heavy atom. The number of pyridine rings is 1. The van der Waals surface area contributed by atoms with Crippen molar-refractivity contribution in [1.29, 1.82) is 0 Å². The fourth-order valence-electron chi connectivity index (χ4n) is 1.65. The summed E-state index contributed by atoms with van der Waals surface area (Å²) in [5.41, 5.74) is 2.00. The number of nitrogens with one attached hydrogen (secondary N) is 1. The Kier molecular flexibility index (Phi) is 3.79. The SMILES string of the molecule is Cc1c(C(=O)NCc2ccc(C(=O)O)nc2)cnn1C. The van der Waals surface area contributed by atoms with Crippen molar-refractivity contribution < 1.29 is 14.7 Å².